The van der Waals surface area contributed by atoms with Crippen molar-refractivity contribution < 1.29 is 13.9 Å². The fourth-order valence-corrected chi connectivity index (χ4v) is 1.22. The van der Waals surface area contributed by atoms with Gasteiger partial charge in [0.15, 0.2) is 18.2 Å². The summed E-state index contributed by atoms with van der Waals surface area (Å²) in [4.78, 5) is 11.4. The van der Waals surface area contributed by atoms with Crippen LogP contribution in [0, 0.1) is 5.82 Å². The molecule has 0 unspecified atom stereocenters. The molecule has 1 aromatic heterocycles. The Bertz CT molecular complexity index is 499. The van der Waals surface area contributed by atoms with Gasteiger partial charge in [0.1, 0.15) is 0 Å². The zero-order chi connectivity index (χ0) is 12.1. The van der Waals surface area contributed by atoms with Crippen LogP contribution in [0.1, 0.15) is 0 Å². The minimum absolute atomic E-state index is 0.0508. The Labute approximate surface area is 96.6 Å². The number of aromatic amines is 1. The number of para-hydroxylation sites is 1. The third kappa shape index (κ3) is 3.04. The molecule has 17 heavy (non-hydrogen) atoms. The predicted molar refractivity (Wildman–Crippen MR) is 59.1 cm³/mol. The number of H-pyrrole nitrogens is 1. The van der Waals surface area contributed by atoms with E-state index in [0.717, 1.165) is 0 Å². The first kappa shape index (κ1) is 11.1. The molecule has 0 bridgehead atoms. The Morgan fingerprint density at radius 2 is 2.29 bits per heavy atom. The molecule has 5 nitrogen and oxygen atoms in total. The number of aromatic nitrogens is 2. The van der Waals surface area contributed by atoms with Crippen LogP contribution in [0.3, 0.4) is 0 Å². The number of anilines is 1. The van der Waals surface area contributed by atoms with Crippen molar-refractivity contribution in [2.45, 2.75) is 0 Å². The summed E-state index contributed by atoms with van der Waals surface area (Å²) in [6, 6.07) is 5.91. The van der Waals surface area contributed by atoms with Crippen molar-refractivity contribution in [1.82, 2.24) is 10.2 Å². The van der Waals surface area contributed by atoms with Gasteiger partial charge in [-0.15, -0.1) is 0 Å². The van der Waals surface area contributed by atoms with Crippen LogP contribution in [0.4, 0.5) is 10.1 Å². The quantitative estimate of drug-likeness (QED) is 0.845. The van der Waals surface area contributed by atoms with E-state index in [9.17, 15) is 9.18 Å². The van der Waals surface area contributed by atoms with Gasteiger partial charge in [0.05, 0.1) is 11.9 Å². The molecule has 0 aliphatic rings. The predicted octanol–water partition coefficient (Wildman–Crippen LogP) is 1.57. The zero-order valence-corrected chi connectivity index (χ0v) is 8.81. The molecule has 0 atom stereocenters. The smallest absolute Gasteiger partial charge is 0.262 e. The number of carbonyl (C=O) groups excluding carboxylic acids is 1. The maximum absolute atomic E-state index is 13.1. The van der Waals surface area contributed by atoms with E-state index in [1.807, 2.05) is 0 Å². The van der Waals surface area contributed by atoms with Crippen LogP contribution in [0.25, 0.3) is 0 Å². The highest BCUT2D eigenvalue weighted by atomic mass is 19.1. The van der Waals surface area contributed by atoms with Crippen molar-refractivity contribution in [2.75, 3.05) is 11.9 Å². The van der Waals surface area contributed by atoms with E-state index in [1.54, 1.807) is 12.1 Å². The molecule has 0 radical (unpaired) electrons. The summed E-state index contributed by atoms with van der Waals surface area (Å²) >= 11 is 0. The fraction of sp³-hybridized carbons (Fsp3) is 0.0909. The van der Waals surface area contributed by atoms with E-state index < -0.39 is 5.82 Å². The molecule has 2 N–H and O–H groups in total. The van der Waals surface area contributed by atoms with Crippen LogP contribution in [0.15, 0.2) is 36.7 Å². The number of benzene rings is 1. The second-order valence-corrected chi connectivity index (χ2v) is 3.25. The number of halogens is 1. The lowest BCUT2D eigenvalue weighted by molar-refractivity contribution is -0.118. The van der Waals surface area contributed by atoms with E-state index in [2.05, 4.69) is 15.5 Å². The summed E-state index contributed by atoms with van der Waals surface area (Å²) < 4.78 is 18.2. The summed E-state index contributed by atoms with van der Waals surface area (Å²) in [7, 11) is 0. The van der Waals surface area contributed by atoms with Gasteiger partial charge in [0.2, 0.25) is 0 Å². The average Bonchev–Trinajstić information content (AvgIpc) is 2.81. The summed E-state index contributed by atoms with van der Waals surface area (Å²) in [5.41, 5.74) is 0.534. The highest BCUT2D eigenvalue weighted by molar-refractivity contribution is 5.91. The Balaban J connectivity index is 1.86. The first-order chi connectivity index (χ1) is 8.25. The lowest BCUT2D eigenvalue weighted by Crippen LogP contribution is -2.20. The Hall–Kier alpha value is -2.37. The fourth-order valence-electron chi connectivity index (χ4n) is 1.22. The van der Waals surface area contributed by atoms with Crippen LogP contribution < -0.4 is 10.1 Å². The molecule has 6 heteroatoms. The van der Waals surface area contributed by atoms with Crippen molar-refractivity contribution >= 4 is 11.6 Å². The summed E-state index contributed by atoms with van der Waals surface area (Å²) in [5.74, 6) is -0.826. The lowest BCUT2D eigenvalue weighted by atomic mass is 10.3. The summed E-state index contributed by atoms with van der Waals surface area (Å²) in [6.45, 7) is -0.258. The zero-order valence-electron chi connectivity index (χ0n) is 8.81. The van der Waals surface area contributed by atoms with Crippen LogP contribution in [-0.4, -0.2) is 22.7 Å². The second-order valence-electron chi connectivity index (χ2n) is 3.25. The Morgan fingerprint density at radius 3 is 3.00 bits per heavy atom. The molecule has 0 aliphatic heterocycles. The van der Waals surface area contributed by atoms with Gasteiger partial charge < -0.3 is 10.1 Å². The largest absolute Gasteiger partial charge is 0.481 e. The molecule has 2 rings (SSSR count). The maximum atomic E-state index is 13.1. The van der Waals surface area contributed by atoms with E-state index in [4.69, 9.17) is 4.74 Å². The molecule has 0 spiro atoms. The van der Waals surface area contributed by atoms with Crippen LogP contribution in [0.2, 0.25) is 0 Å². The number of rotatable bonds is 4. The van der Waals surface area contributed by atoms with Crippen molar-refractivity contribution in [3.05, 3.63) is 42.5 Å². The third-order valence-electron chi connectivity index (χ3n) is 1.98. The highest BCUT2D eigenvalue weighted by Gasteiger charge is 2.06. The van der Waals surface area contributed by atoms with E-state index >= 15 is 0 Å². The van der Waals surface area contributed by atoms with Gasteiger partial charge in [0, 0.05) is 6.20 Å². The third-order valence-corrected chi connectivity index (χ3v) is 1.98. The molecule has 1 heterocycles. The van der Waals surface area contributed by atoms with Crippen molar-refractivity contribution in [3.63, 3.8) is 0 Å². The van der Waals surface area contributed by atoms with Gasteiger partial charge in [-0.1, -0.05) is 12.1 Å². The van der Waals surface area contributed by atoms with Gasteiger partial charge in [0.25, 0.3) is 5.91 Å². The standard InChI is InChI=1S/C11H10FN3O2/c12-9-3-1-2-4-10(9)17-7-11(16)15-8-5-13-14-6-8/h1-6H,7H2,(H,13,14)(H,15,16). The first-order valence-electron chi connectivity index (χ1n) is 4.91. The lowest BCUT2D eigenvalue weighted by Gasteiger charge is -2.06. The Morgan fingerprint density at radius 1 is 1.47 bits per heavy atom. The second kappa shape index (κ2) is 5.11. The highest BCUT2D eigenvalue weighted by Crippen LogP contribution is 2.15. The number of nitrogens with zero attached hydrogens (tertiary/aromatic N) is 1. The number of amides is 1. The van der Waals surface area contributed by atoms with Gasteiger partial charge in [-0.05, 0) is 12.1 Å². The topological polar surface area (TPSA) is 67.0 Å². The maximum Gasteiger partial charge on any atom is 0.262 e. The molecule has 0 saturated heterocycles. The number of hydrogen-bond donors (Lipinski definition) is 2. The van der Waals surface area contributed by atoms with E-state index in [1.165, 1.54) is 24.5 Å². The first-order valence-corrected chi connectivity index (χ1v) is 4.91. The minimum Gasteiger partial charge on any atom is -0.481 e. The number of carbonyl (C=O) groups is 1. The molecule has 1 amide bonds. The van der Waals surface area contributed by atoms with Gasteiger partial charge in [-0.25, -0.2) is 4.39 Å². The molecule has 0 fully saturated rings. The molecule has 2 aromatic rings. The normalized spacial score (nSPS) is 9.94. The van der Waals surface area contributed by atoms with Crippen LogP contribution >= 0.6 is 0 Å². The average molecular weight is 235 g/mol. The molecular formula is C11H10FN3O2. The van der Waals surface area contributed by atoms with E-state index in [0.29, 0.717) is 5.69 Å². The number of nitrogens with one attached hydrogen (secondary N) is 2. The molecule has 0 aliphatic carbocycles. The summed E-state index contributed by atoms with van der Waals surface area (Å²) in [6.07, 6.45) is 2.99. The number of hydrogen-bond acceptors (Lipinski definition) is 3. The summed E-state index contributed by atoms with van der Waals surface area (Å²) in [5, 5.41) is 8.75. The van der Waals surface area contributed by atoms with Gasteiger partial charge in [-0.3, -0.25) is 9.89 Å². The van der Waals surface area contributed by atoms with E-state index in [-0.39, 0.29) is 18.3 Å². The Kier molecular flexibility index (Phi) is 3.34. The SMILES string of the molecule is O=C(COc1ccccc1F)Nc1cn[nH]c1. The van der Waals surface area contributed by atoms with Crippen LogP contribution in [0.5, 0.6) is 5.75 Å². The number of ether oxygens (including phenoxy) is 1. The van der Waals surface area contributed by atoms with Crippen molar-refractivity contribution in [2.24, 2.45) is 0 Å². The monoisotopic (exact) mass is 235 g/mol. The van der Waals surface area contributed by atoms with Crippen molar-refractivity contribution in [1.29, 1.82) is 0 Å². The van der Waals surface area contributed by atoms with Crippen LogP contribution in [-0.2, 0) is 4.79 Å². The molecular weight excluding hydrogens is 225 g/mol. The van der Waals surface area contributed by atoms with Gasteiger partial charge >= 0.3 is 0 Å². The minimum atomic E-state index is -0.497. The van der Waals surface area contributed by atoms with Crippen molar-refractivity contribution in [3.8, 4) is 5.75 Å². The molecule has 1 aromatic carbocycles. The van der Waals surface area contributed by atoms with Gasteiger partial charge in [-0.2, -0.15) is 5.10 Å². The molecule has 0 saturated carbocycles. The molecule has 88 valence electrons.